The fourth-order valence-electron chi connectivity index (χ4n) is 1.58. The van der Waals surface area contributed by atoms with Crippen LogP contribution in [0.25, 0.3) is 6.08 Å². The highest BCUT2D eigenvalue weighted by molar-refractivity contribution is 5.83. The van der Waals surface area contributed by atoms with Crippen molar-refractivity contribution in [2.45, 2.75) is 12.5 Å². The van der Waals surface area contributed by atoms with E-state index in [0.29, 0.717) is 6.42 Å². The number of hydrogen-bond donors (Lipinski definition) is 0. The zero-order chi connectivity index (χ0) is 13.0. The molecule has 0 spiro atoms. The number of nitrogens with zero attached hydrogens (tertiary/aromatic N) is 1. The third-order valence-corrected chi connectivity index (χ3v) is 2.50. The van der Waals surface area contributed by atoms with Gasteiger partial charge in [-0.25, -0.2) is 4.79 Å². The van der Waals surface area contributed by atoms with Crippen LogP contribution in [0.5, 0.6) is 0 Å². The number of hydrogen-bond acceptors (Lipinski definition) is 4. The van der Waals surface area contributed by atoms with E-state index in [4.69, 9.17) is 4.74 Å². The maximum absolute atomic E-state index is 11.0. The van der Waals surface area contributed by atoms with Gasteiger partial charge in [-0.2, -0.15) is 0 Å². The molecule has 0 radical (unpaired) electrons. The number of cyclic esters (lactones) is 1. The number of carbonyl (C=O) groups excluding carboxylic acids is 1. The molecule has 0 saturated heterocycles. The molecule has 0 fully saturated rings. The van der Waals surface area contributed by atoms with Crippen LogP contribution in [0, 0.1) is 10.1 Å². The molecule has 18 heavy (non-hydrogen) atoms. The quantitative estimate of drug-likeness (QED) is 0.466. The van der Waals surface area contributed by atoms with Gasteiger partial charge in [0.05, 0.1) is 4.92 Å². The summed E-state index contributed by atoms with van der Waals surface area (Å²) in [5.41, 5.74) is 0.880. The second-order valence-corrected chi connectivity index (χ2v) is 3.82. The molecule has 1 aliphatic heterocycles. The molecule has 1 aliphatic rings. The molecule has 1 aromatic carbocycles. The van der Waals surface area contributed by atoms with Gasteiger partial charge in [0.25, 0.3) is 5.69 Å². The SMILES string of the molecule is O=C1C=CC[C@@H](/C=C/c2ccc([N+](=O)[O-])cc2)O1. The Bertz CT molecular complexity index is 516. The van der Waals surface area contributed by atoms with E-state index in [1.165, 1.54) is 18.2 Å². The van der Waals surface area contributed by atoms with E-state index in [0.717, 1.165) is 5.56 Å². The molecule has 5 heteroatoms. The van der Waals surface area contributed by atoms with E-state index in [1.807, 2.05) is 0 Å². The maximum Gasteiger partial charge on any atom is 0.331 e. The lowest BCUT2D eigenvalue weighted by Gasteiger charge is -2.14. The molecule has 0 aromatic heterocycles. The van der Waals surface area contributed by atoms with Gasteiger partial charge in [0.1, 0.15) is 6.10 Å². The third kappa shape index (κ3) is 3.04. The molecule has 0 aliphatic carbocycles. The van der Waals surface area contributed by atoms with Gasteiger partial charge >= 0.3 is 5.97 Å². The van der Waals surface area contributed by atoms with Gasteiger partial charge in [0, 0.05) is 24.6 Å². The Morgan fingerprint density at radius 3 is 2.67 bits per heavy atom. The van der Waals surface area contributed by atoms with Crippen LogP contribution in [-0.4, -0.2) is 17.0 Å². The Labute approximate surface area is 104 Å². The normalized spacial score (nSPS) is 18.9. The third-order valence-electron chi connectivity index (χ3n) is 2.50. The average molecular weight is 245 g/mol. The van der Waals surface area contributed by atoms with Gasteiger partial charge in [-0.05, 0) is 23.8 Å². The van der Waals surface area contributed by atoms with Gasteiger partial charge in [0.2, 0.25) is 0 Å². The molecular formula is C13H11NO4. The number of carbonyl (C=O) groups is 1. The number of esters is 1. The molecule has 0 amide bonds. The average Bonchev–Trinajstić information content (AvgIpc) is 2.37. The van der Waals surface area contributed by atoms with E-state index < -0.39 is 4.92 Å². The first-order valence-electron chi connectivity index (χ1n) is 5.45. The highest BCUT2D eigenvalue weighted by atomic mass is 16.6. The summed E-state index contributed by atoms with van der Waals surface area (Å²) in [6, 6.07) is 6.17. The minimum absolute atomic E-state index is 0.0548. The van der Waals surface area contributed by atoms with Gasteiger partial charge in [-0.3, -0.25) is 10.1 Å². The number of nitro benzene ring substituents is 1. The number of rotatable bonds is 3. The molecule has 0 unspecified atom stereocenters. The van der Waals surface area contributed by atoms with Gasteiger partial charge in [0.15, 0.2) is 0 Å². The molecule has 1 heterocycles. The summed E-state index contributed by atoms with van der Waals surface area (Å²) in [6.07, 6.45) is 7.09. The summed E-state index contributed by atoms with van der Waals surface area (Å²) in [7, 11) is 0. The zero-order valence-electron chi connectivity index (χ0n) is 9.48. The standard InChI is InChI=1S/C13H11NO4/c15-13-3-1-2-12(18-13)9-6-10-4-7-11(8-5-10)14(16)17/h1,3-9,12H,2H2/b9-6+/t12-/m0/s1. The van der Waals surface area contributed by atoms with E-state index >= 15 is 0 Å². The van der Waals surface area contributed by atoms with Gasteiger partial charge in [-0.15, -0.1) is 0 Å². The van der Waals surface area contributed by atoms with Crippen LogP contribution in [0.1, 0.15) is 12.0 Å². The fourth-order valence-corrected chi connectivity index (χ4v) is 1.58. The Kier molecular flexibility index (Phi) is 3.52. The van der Waals surface area contributed by atoms with Crippen molar-refractivity contribution in [1.29, 1.82) is 0 Å². The van der Waals surface area contributed by atoms with Crippen LogP contribution < -0.4 is 0 Å². The summed E-state index contributed by atoms with van der Waals surface area (Å²) >= 11 is 0. The second-order valence-electron chi connectivity index (χ2n) is 3.82. The highest BCUT2D eigenvalue weighted by Crippen LogP contribution is 2.15. The molecule has 1 aromatic rings. The first-order chi connectivity index (χ1) is 8.65. The predicted octanol–water partition coefficient (Wildman–Crippen LogP) is 2.48. The van der Waals surface area contributed by atoms with E-state index in [-0.39, 0.29) is 17.8 Å². The number of ether oxygens (including phenoxy) is 1. The monoisotopic (exact) mass is 245 g/mol. The van der Waals surface area contributed by atoms with E-state index in [1.54, 1.807) is 30.4 Å². The first kappa shape index (κ1) is 12.0. The van der Waals surface area contributed by atoms with Crippen LogP contribution in [0.15, 0.2) is 42.5 Å². The number of nitro groups is 1. The molecule has 5 nitrogen and oxygen atoms in total. The lowest BCUT2D eigenvalue weighted by Crippen LogP contribution is -2.17. The summed E-state index contributed by atoms with van der Waals surface area (Å²) in [5, 5.41) is 10.5. The molecule has 1 atom stereocenters. The van der Waals surface area contributed by atoms with E-state index in [2.05, 4.69) is 0 Å². The molecule has 0 N–H and O–H groups in total. The summed E-state index contributed by atoms with van der Waals surface area (Å²) < 4.78 is 5.05. The minimum Gasteiger partial charge on any atom is -0.455 e. The van der Waals surface area contributed by atoms with Crippen molar-refractivity contribution in [3.8, 4) is 0 Å². The molecule has 2 rings (SSSR count). The molecule has 0 bridgehead atoms. The van der Waals surface area contributed by atoms with Crippen molar-refractivity contribution in [3.05, 3.63) is 58.2 Å². The topological polar surface area (TPSA) is 69.4 Å². The van der Waals surface area contributed by atoms with Gasteiger partial charge in [-0.1, -0.05) is 12.2 Å². The van der Waals surface area contributed by atoms with Gasteiger partial charge < -0.3 is 4.74 Å². The Morgan fingerprint density at radius 1 is 1.33 bits per heavy atom. The maximum atomic E-state index is 11.0. The van der Waals surface area contributed by atoms with Crippen molar-refractivity contribution in [2.24, 2.45) is 0 Å². The smallest absolute Gasteiger partial charge is 0.331 e. The largest absolute Gasteiger partial charge is 0.455 e. The van der Waals surface area contributed by atoms with Crippen molar-refractivity contribution in [1.82, 2.24) is 0 Å². The van der Waals surface area contributed by atoms with Crippen molar-refractivity contribution >= 4 is 17.7 Å². The van der Waals surface area contributed by atoms with Crippen LogP contribution >= 0.6 is 0 Å². The van der Waals surface area contributed by atoms with Crippen molar-refractivity contribution < 1.29 is 14.5 Å². The number of benzene rings is 1. The lowest BCUT2D eigenvalue weighted by atomic mass is 10.1. The predicted molar refractivity (Wildman–Crippen MR) is 65.8 cm³/mol. The summed E-state index contributed by atoms with van der Waals surface area (Å²) in [6.45, 7) is 0. The number of non-ortho nitro benzene ring substituents is 1. The zero-order valence-corrected chi connectivity index (χ0v) is 9.48. The van der Waals surface area contributed by atoms with Crippen LogP contribution in [-0.2, 0) is 9.53 Å². The minimum atomic E-state index is -0.443. The second kappa shape index (κ2) is 5.27. The Hall–Kier alpha value is -2.43. The Morgan fingerprint density at radius 2 is 2.06 bits per heavy atom. The summed E-state index contributed by atoms with van der Waals surface area (Å²) in [5.74, 6) is -0.348. The molecule has 0 saturated carbocycles. The molecule has 92 valence electrons. The molecular weight excluding hydrogens is 234 g/mol. The highest BCUT2D eigenvalue weighted by Gasteiger charge is 2.12. The van der Waals surface area contributed by atoms with Crippen LogP contribution in [0.2, 0.25) is 0 Å². The van der Waals surface area contributed by atoms with Crippen LogP contribution in [0.4, 0.5) is 5.69 Å². The summed E-state index contributed by atoms with van der Waals surface area (Å²) in [4.78, 5) is 21.0. The fraction of sp³-hybridized carbons (Fsp3) is 0.154. The Balaban J connectivity index is 2.03. The van der Waals surface area contributed by atoms with E-state index in [9.17, 15) is 14.9 Å². The van der Waals surface area contributed by atoms with Crippen molar-refractivity contribution in [3.63, 3.8) is 0 Å². The first-order valence-corrected chi connectivity index (χ1v) is 5.45. The lowest BCUT2D eigenvalue weighted by molar-refractivity contribution is -0.384. The van der Waals surface area contributed by atoms with Crippen LogP contribution in [0.3, 0.4) is 0 Å². The van der Waals surface area contributed by atoms with Crippen molar-refractivity contribution in [2.75, 3.05) is 0 Å².